The van der Waals surface area contributed by atoms with Gasteiger partial charge in [0.1, 0.15) is 16.7 Å². The van der Waals surface area contributed by atoms with Crippen molar-refractivity contribution in [2.45, 2.75) is 0 Å². The van der Waals surface area contributed by atoms with E-state index in [0.717, 1.165) is 66.4 Å². The van der Waals surface area contributed by atoms with Crippen LogP contribution in [0.4, 0.5) is 0 Å². The molecule has 46 heavy (non-hydrogen) atoms. The Bertz CT molecular complexity index is 2460. The van der Waals surface area contributed by atoms with Gasteiger partial charge in [-0.3, -0.25) is 0 Å². The number of para-hydroxylation sites is 2. The van der Waals surface area contributed by atoms with Gasteiger partial charge in [0.25, 0.3) is 0 Å². The molecule has 3 heterocycles. The predicted octanol–water partition coefficient (Wildman–Crippen LogP) is 10.2. The lowest BCUT2D eigenvalue weighted by Gasteiger charge is -2.08. The van der Waals surface area contributed by atoms with E-state index in [9.17, 15) is 0 Å². The molecule has 0 fully saturated rings. The zero-order chi connectivity index (χ0) is 30.5. The maximum absolute atomic E-state index is 6.54. The summed E-state index contributed by atoms with van der Waals surface area (Å²) in [5.74, 6) is 2.44. The SMILES string of the molecule is c1ccc(-c2nc(-c3ccccc3)nc(-c3ccc4oc5c(-c6cccc7oc(-c8ccccc8)nc67)cccc5c4c3)n2)cc1. The molecule has 0 aliphatic carbocycles. The van der Waals surface area contributed by atoms with Crippen LogP contribution in [0.25, 0.3) is 89.8 Å². The third-order valence-electron chi connectivity index (χ3n) is 8.18. The number of fused-ring (bicyclic) bond motifs is 4. The first-order valence-electron chi connectivity index (χ1n) is 15.1. The van der Waals surface area contributed by atoms with Crippen LogP contribution in [0, 0.1) is 0 Å². The zero-order valence-electron chi connectivity index (χ0n) is 24.5. The lowest BCUT2D eigenvalue weighted by atomic mass is 10.0. The van der Waals surface area contributed by atoms with Gasteiger partial charge in [-0.1, -0.05) is 109 Å². The molecule has 0 spiro atoms. The van der Waals surface area contributed by atoms with Crippen molar-refractivity contribution in [2.75, 3.05) is 0 Å². The number of nitrogens with zero attached hydrogens (tertiary/aromatic N) is 4. The first-order valence-corrected chi connectivity index (χ1v) is 15.1. The molecule has 9 rings (SSSR count). The first kappa shape index (κ1) is 26.0. The molecule has 9 aromatic rings. The van der Waals surface area contributed by atoms with Gasteiger partial charge in [0, 0.05) is 44.2 Å². The van der Waals surface area contributed by atoms with E-state index in [1.807, 2.05) is 115 Å². The Labute approximate surface area is 263 Å². The lowest BCUT2D eigenvalue weighted by molar-refractivity contribution is 0.620. The van der Waals surface area contributed by atoms with Gasteiger partial charge in [-0.25, -0.2) is 19.9 Å². The molecule has 216 valence electrons. The Morgan fingerprint density at radius 1 is 0.370 bits per heavy atom. The zero-order valence-corrected chi connectivity index (χ0v) is 24.5. The van der Waals surface area contributed by atoms with E-state index < -0.39 is 0 Å². The second-order valence-corrected chi connectivity index (χ2v) is 11.1. The van der Waals surface area contributed by atoms with Crippen LogP contribution in [0.15, 0.2) is 154 Å². The monoisotopic (exact) mass is 592 g/mol. The Balaban J connectivity index is 1.20. The number of hydrogen-bond acceptors (Lipinski definition) is 6. The number of aromatic nitrogens is 4. The van der Waals surface area contributed by atoms with Crippen molar-refractivity contribution >= 4 is 33.0 Å². The largest absolute Gasteiger partial charge is 0.455 e. The quantitative estimate of drug-likeness (QED) is 0.198. The van der Waals surface area contributed by atoms with Crippen molar-refractivity contribution < 1.29 is 8.83 Å². The topological polar surface area (TPSA) is 77.8 Å². The minimum Gasteiger partial charge on any atom is -0.455 e. The Hall–Kier alpha value is -6.40. The Morgan fingerprint density at radius 2 is 0.957 bits per heavy atom. The third-order valence-corrected chi connectivity index (χ3v) is 8.18. The number of oxazole rings is 1. The summed E-state index contributed by atoms with van der Waals surface area (Å²) in [6.07, 6.45) is 0. The molecule has 0 radical (unpaired) electrons. The molecule has 0 N–H and O–H groups in total. The summed E-state index contributed by atoms with van der Waals surface area (Å²) in [5.41, 5.74) is 8.66. The van der Waals surface area contributed by atoms with E-state index in [2.05, 4.69) is 30.3 Å². The summed E-state index contributed by atoms with van der Waals surface area (Å²) in [4.78, 5) is 19.6. The van der Waals surface area contributed by atoms with Crippen LogP contribution < -0.4 is 0 Å². The van der Waals surface area contributed by atoms with Gasteiger partial charge in [0.05, 0.1) is 0 Å². The summed E-state index contributed by atoms with van der Waals surface area (Å²) in [5, 5.41) is 1.98. The van der Waals surface area contributed by atoms with Crippen LogP contribution in [0.2, 0.25) is 0 Å². The standard InChI is InChI=1S/C40H24N4O2/c1-4-12-25(13-5-1)37-42-38(26-14-6-2-7-15-26)44-39(43-37)28-22-23-33-32(24-28)31-20-10-19-30(36(31)45-33)29-18-11-21-34-35(29)41-40(46-34)27-16-8-3-9-17-27/h1-24H. The third kappa shape index (κ3) is 4.43. The minimum absolute atomic E-state index is 0.589. The maximum Gasteiger partial charge on any atom is 0.227 e. The highest BCUT2D eigenvalue weighted by atomic mass is 16.3. The second kappa shape index (κ2) is 10.6. The van der Waals surface area contributed by atoms with Crippen LogP contribution in [0.3, 0.4) is 0 Å². The fourth-order valence-corrected chi connectivity index (χ4v) is 5.96. The van der Waals surface area contributed by atoms with E-state index in [4.69, 9.17) is 28.8 Å². The summed E-state index contributed by atoms with van der Waals surface area (Å²) >= 11 is 0. The van der Waals surface area contributed by atoms with Crippen LogP contribution >= 0.6 is 0 Å². The van der Waals surface area contributed by atoms with Gasteiger partial charge in [0.15, 0.2) is 23.1 Å². The minimum atomic E-state index is 0.589. The van der Waals surface area contributed by atoms with Gasteiger partial charge >= 0.3 is 0 Å². The average molecular weight is 593 g/mol. The van der Waals surface area contributed by atoms with Crippen molar-refractivity contribution in [2.24, 2.45) is 0 Å². The highest BCUT2D eigenvalue weighted by molar-refractivity contribution is 6.12. The van der Waals surface area contributed by atoms with Crippen molar-refractivity contribution in [3.63, 3.8) is 0 Å². The Morgan fingerprint density at radius 3 is 1.63 bits per heavy atom. The fourth-order valence-electron chi connectivity index (χ4n) is 5.96. The molecule has 0 unspecified atom stereocenters. The van der Waals surface area contributed by atoms with Gasteiger partial charge in [0.2, 0.25) is 5.89 Å². The van der Waals surface area contributed by atoms with E-state index in [1.165, 1.54) is 0 Å². The normalized spacial score (nSPS) is 11.5. The van der Waals surface area contributed by atoms with Crippen molar-refractivity contribution in [1.82, 2.24) is 19.9 Å². The van der Waals surface area contributed by atoms with Crippen molar-refractivity contribution in [3.8, 4) is 56.7 Å². The number of benzene rings is 6. The molecule has 0 aliphatic heterocycles. The van der Waals surface area contributed by atoms with E-state index >= 15 is 0 Å². The average Bonchev–Trinajstić information content (AvgIpc) is 3.74. The molecule has 6 nitrogen and oxygen atoms in total. The summed E-state index contributed by atoms with van der Waals surface area (Å²) in [6, 6.07) is 48.3. The molecule has 6 aromatic carbocycles. The predicted molar refractivity (Wildman–Crippen MR) is 182 cm³/mol. The molecular formula is C40H24N4O2. The van der Waals surface area contributed by atoms with Crippen molar-refractivity contribution in [3.05, 3.63) is 146 Å². The molecule has 0 bridgehead atoms. The van der Waals surface area contributed by atoms with Crippen LogP contribution in [-0.4, -0.2) is 19.9 Å². The van der Waals surface area contributed by atoms with E-state index in [1.54, 1.807) is 0 Å². The summed E-state index contributed by atoms with van der Waals surface area (Å²) in [6.45, 7) is 0. The van der Waals surface area contributed by atoms with Crippen molar-refractivity contribution in [1.29, 1.82) is 0 Å². The van der Waals surface area contributed by atoms with Gasteiger partial charge in [-0.15, -0.1) is 0 Å². The molecule has 0 saturated carbocycles. The lowest BCUT2D eigenvalue weighted by Crippen LogP contribution is -2.00. The summed E-state index contributed by atoms with van der Waals surface area (Å²) < 4.78 is 12.7. The molecule has 0 aliphatic rings. The van der Waals surface area contributed by atoms with Gasteiger partial charge in [-0.2, -0.15) is 0 Å². The van der Waals surface area contributed by atoms with Gasteiger partial charge in [-0.05, 0) is 36.4 Å². The molecule has 0 amide bonds. The second-order valence-electron chi connectivity index (χ2n) is 11.1. The van der Waals surface area contributed by atoms with Crippen LogP contribution in [-0.2, 0) is 0 Å². The van der Waals surface area contributed by atoms with E-state index in [0.29, 0.717) is 23.4 Å². The molecule has 0 saturated heterocycles. The smallest absolute Gasteiger partial charge is 0.227 e. The molecule has 3 aromatic heterocycles. The van der Waals surface area contributed by atoms with E-state index in [-0.39, 0.29) is 0 Å². The number of rotatable bonds is 5. The molecule has 0 atom stereocenters. The highest BCUT2D eigenvalue weighted by Gasteiger charge is 2.19. The van der Waals surface area contributed by atoms with Crippen LogP contribution in [0.1, 0.15) is 0 Å². The maximum atomic E-state index is 6.54. The number of hydrogen-bond donors (Lipinski definition) is 0. The number of furan rings is 1. The fraction of sp³-hybridized carbons (Fsp3) is 0. The van der Waals surface area contributed by atoms with Crippen LogP contribution in [0.5, 0.6) is 0 Å². The van der Waals surface area contributed by atoms with Gasteiger partial charge < -0.3 is 8.83 Å². The first-order chi connectivity index (χ1) is 22.8. The summed E-state index contributed by atoms with van der Waals surface area (Å²) in [7, 11) is 0. The molecule has 6 heteroatoms. The highest BCUT2D eigenvalue weighted by Crippen LogP contribution is 2.40. The molecular weight excluding hydrogens is 568 g/mol. The Kier molecular flexibility index (Phi) is 6.03.